The largest absolute Gasteiger partial charge is 0.489 e. The maximum Gasteiger partial charge on any atom is 0.303 e. The van der Waals surface area contributed by atoms with Crippen LogP contribution < -0.4 is 23.7 Å². The highest BCUT2D eigenvalue weighted by Crippen LogP contribution is 2.52. The lowest BCUT2D eigenvalue weighted by Gasteiger charge is -2.45. The van der Waals surface area contributed by atoms with E-state index in [9.17, 15) is 14.7 Å². The first-order valence-corrected chi connectivity index (χ1v) is 18.3. The van der Waals surface area contributed by atoms with Crippen LogP contribution in [0.25, 0.3) is 0 Å². The first kappa shape index (κ1) is 37.7. The Kier molecular flexibility index (Phi) is 11.6. The van der Waals surface area contributed by atoms with E-state index >= 15 is 0 Å². The molecule has 0 amide bonds. The standard InChI is InChI=1S/C47H42O9/c1-32(48)47(38-23-24-40(52-29-35-17-9-4-10-18-35)41(25-38)53-30-36-19-11-5-12-20-36)46(55-33(2)49)45(50)44-42(54-31-37-21-13-6-14-22-37)26-39(27-43(44)56-47)51-28-34-15-7-3-8-16-34/h3-27,45-46,50H,28-31H2,1-2H3. The van der Waals surface area contributed by atoms with Gasteiger partial charge in [-0.25, -0.2) is 0 Å². The summed E-state index contributed by atoms with van der Waals surface area (Å²) in [6.45, 7) is 3.40. The summed E-state index contributed by atoms with van der Waals surface area (Å²) < 4.78 is 37.8. The van der Waals surface area contributed by atoms with Crippen molar-refractivity contribution in [1.82, 2.24) is 0 Å². The fourth-order valence-corrected chi connectivity index (χ4v) is 6.70. The molecule has 1 heterocycles. The quantitative estimate of drug-likeness (QED) is 0.103. The molecule has 0 bridgehead atoms. The van der Waals surface area contributed by atoms with E-state index in [-0.39, 0.29) is 49.1 Å². The van der Waals surface area contributed by atoms with Gasteiger partial charge in [-0.05, 0) is 41.3 Å². The van der Waals surface area contributed by atoms with Gasteiger partial charge in [-0.2, -0.15) is 0 Å². The van der Waals surface area contributed by atoms with E-state index in [1.807, 2.05) is 121 Å². The number of hydrogen-bond donors (Lipinski definition) is 1. The summed E-state index contributed by atoms with van der Waals surface area (Å²) in [6.07, 6.45) is -3.10. The Balaban J connectivity index is 1.32. The first-order valence-electron chi connectivity index (χ1n) is 18.3. The molecule has 0 spiro atoms. The van der Waals surface area contributed by atoms with Crippen molar-refractivity contribution in [3.63, 3.8) is 0 Å². The molecule has 9 nitrogen and oxygen atoms in total. The van der Waals surface area contributed by atoms with Gasteiger partial charge in [0, 0.05) is 24.6 Å². The Morgan fingerprint density at radius 3 is 1.52 bits per heavy atom. The van der Waals surface area contributed by atoms with Crippen molar-refractivity contribution in [3.8, 4) is 28.7 Å². The van der Waals surface area contributed by atoms with Crippen LogP contribution in [-0.4, -0.2) is 23.0 Å². The molecule has 56 heavy (non-hydrogen) atoms. The molecule has 0 fully saturated rings. The smallest absolute Gasteiger partial charge is 0.303 e. The zero-order valence-corrected chi connectivity index (χ0v) is 31.1. The molecule has 0 saturated heterocycles. The number of ketones is 1. The van der Waals surface area contributed by atoms with E-state index in [1.54, 1.807) is 30.3 Å². The fourth-order valence-electron chi connectivity index (χ4n) is 6.70. The average molecular weight is 751 g/mol. The summed E-state index contributed by atoms with van der Waals surface area (Å²) in [4.78, 5) is 27.0. The van der Waals surface area contributed by atoms with Gasteiger partial charge in [0.15, 0.2) is 23.4 Å². The Labute approximate surface area is 326 Å². The number of benzene rings is 6. The summed E-state index contributed by atoms with van der Waals surface area (Å²) >= 11 is 0. The van der Waals surface area contributed by atoms with Gasteiger partial charge >= 0.3 is 5.97 Å². The normalized spacial score (nSPS) is 17.1. The van der Waals surface area contributed by atoms with Crippen LogP contribution >= 0.6 is 0 Å². The van der Waals surface area contributed by atoms with Crippen molar-refractivity contribution >= 4 is 11.8 Å². The van der Waals surface area contributed by atoms with Crippen LogP contribution in [0.3, 0.4) is 0 Å². The number of aliphatic hydroxyl groups excluding tert-OH is 1. The van der Waals surface area contributed by atoms with Gasteiger partial charge < -0.3 is 33.5 Å². The highest BCUT2D eigenvalue weighted by Gasteiger charge is 2.58. The number of ether oxygens (including phenoxy) is 6. The lowest BCUT2D eigenvalue weighted by molar-refractivity contribution is -0.186. The van der Waals surface area contributed by atoms with Crippen LogP contribution in [0, 0.1) is 0 Å². The minimum Gasteiger partial charge on any atom is -0.489 e. The lowest BCUT2D eigenvalue weighted by atomic mass is 9.77. The summed E-state index contributed by atoms with van der Waals surface area (Å²) in [5, 5.41) is 12.3. The molecule has 0 radical (unpaired) electrons. The van der Waals surface area contributed by atoms with Gasteiger partial charge in [-0.3, -0.25) is 9.59 Å². The lowest BCUT2D eigenvalue weighted by Crippen LogP contribution is -2.57. The molecule has 284 valence electrons. The van der Waals surface area contributed by atoms with Gasteiger partial charge in [-0.1, -0.05) is 127 Å². The van der Waals surface area contributed by atoms with Gasteiger partial charge in [0.25, 0.3) is 0 Å². The predicted molar refractivity (Wildman–Crippen MR) is 209 cm³/mol. The zero-order chi connectivity index (χ0) is 38.9. The Morgan fingerprint density at radius 2 is 1.04 bits per heavy atom. The molecule has 9 heteroatoms. The maximum atomic E-state index is 14.2. The minimum absolute atomic E-state index is 0.126. The molecule has 6 aromatic carbocycles. The molecule has 0 aliphatic carbocycles. The number of rotatable bonds is 15. The Morgan fingerprint density at radius 1 is 0.571 bits per heavy atom. The number of aliphatic hydroxyl groups is 1. The van der Waals surface area contributed by atoms with Gasteiger partial charge in [0.1, 0.15) is 49.8 Å². The molecular weight excluding hydrogens is 709 g/mol. The summed E-state index contributed by atoms with van der Waals surface area (Å²) in [5.74, 6) is 0.241. The van der Waals surface area contributed by atoms with Gasteiger partial charge in [0.05, 0.1) is 5.56 Å². The maximum absolute atomic E-state index is 14.2. The second-order valence-electron chi connectivity index (χ2n) is 13.5. The van der Waals surface area contributed by atoms with Crippen molar-refractivity contribution in [1.29, 1.82) is 0 Å². The molecule has 1 aliphatic heterocycles. The van der Waals surface area contributed by atoms with Crippen molar-refractivity contribution < 1.29 is 43.1 Å². The first-order chi connectivity index (χ1) is 27.3. The van der Waals surface area contributed by atoms with Crippen LogP contribution in [0.5, 0.6) is 28.7 Å². The molecular formula is C47H42O9. The predicted octanol–water partition coefficient (Wildman–Crippen LogP) is 8.84. The van der Waals surface area contributed by atoms with E-state index in [1.165, 1.54) is 13.8 Å². The zero-order valence-electron chi connectivity index (χ0n) is 31.1. The topological polar surface area (TPSA) is 110 Å². The molecule has 3 unspecified atom stereocenters. The van der Waals surface area contributed by atoms with Crippen LogP contribution in [-0.2, 0) is 46.4 Å². The Bertz CT molecular complexity index is 2240. The summed E-state index contributed by atoms with van der Waals surface area (Å²) in [7, 11) is 0. The van der Waals surface area contributed by atoms with Crippen molar-refractivity contribution in [3.05, 3.63) is 185 Å². The number of hydrogen-bond acceptors (Lipinski definition) is 9. The Hall–Kier alpha value is -6.58. The summed E-state index contributed by atoms with van der Waals surface area (Å²) in [6, 6.07) is 46.8. The van der Waals surface area contributed by atoms with E-state index in [4.69, 9.17) is 28.4 Å². The van der Waals surface area contributed by atoms with Crippen LogP contribution in [0.1, 0.15) is 53.3 Å². The van der Waals surface area contributed by atoms with E-state index < -0.39 is 29.6 Å². The van der Waals surface area contributed by atoms with Crippen LogP contribution in [0.15, 0.2) is 152 Å². The second kappa shape index (κ2) is 17.3. The third-order valence-corrected chi connectivity index (χ3v) is 9.48. The molecule has 0 saturated carbocycles. The van der Waals surface area contributed by atoms with Crippen LogP contribution in [0.2, 0.25) is 0 Å². The van der Waals surface area contributed by atoms with Crippen molar-refractivity contribution in [2.45, 2.75) is 58.1 Å². The molecule has 1 N–H and O–H groups in total. The van der Waals surface area contributed by atoms with Crippen molar-refractivity contribution in [2.75, 3.05) is 0 Å². The molecule has 3 atom stereocenters. The summed E-state index contributed by atoms with van der Waals surface area (Å²) in [5.41, 5.74) is 2.13. The third kappa shape index (κ3) is 8.53. The minimum atomic E-state index is -2.03. The highest BCUT2D eigenvalue weighted by atomic mass is 16.6. The fraction of sp³-hybridized carbons (Fsp3) is 0.191. The van der Waals surface area contributed by atoms with Crippen molar-refractivity contribution in [2.24, 2.45) is 0 Å². The van der Waals surface area contributed by atoms with E-state index in [2.05, 4.69) is 0 Å². The number of fused-ring (bicyclic) bond motifs is 1. The number of esters is 1. The number of Topliss-reactive ketones (excluding diaryl/α,β-unsaturated/α-hetero) is 1. The molecule has 0 aromatic heterocycles. The van der Waals surface area contributed by atoms with E-state index in [0.29, 0.717) is 17.2 Å². The van der Waals surface area contributed by atoms with Crippen LogP contribution in [0.4, 0.5) is 0 Å². The molecule has 6 aromatic rings. The number of carbonyl (C=O) groups excluding carboxylic acids is 2. The van der Waals surface area contributed by atoms with Gasteiger partial charge in [-0.15, -0.1) is 0 Å². The average Bonchev–Trinajstić information content (AvgIpc) is 3.22. The molecule has 1 aliphatic rings. The van der Waals surface area contributed by atoms with E-state index in [0.717, 1.165) is 22.3 Å². The highest BCUT2D eigenvalue weighted by molar-refractivity contribution is 5.89. The second-order valence-corrected chi connectivity index (χ2v) is 13.5. The third-order valence-electron chi connectivity index (χ3n) is 9.48. The van der Waals surface area contributed by atoms with Gasteiger partial charge in [0.2, 0.25) is 5.60 Å². The molecule has 7 rings (SSSR count). The SMILES string of the molecule is CC(=O)OC1C(O)c2c(OCc3ccccc3)cc(OCc3ccccc3)cc2OC1(C(C)=O)c1ccc(OCc2ccccc2)c(OCc2ccccc2)c1. The monoisotopic (exact) mass is 750 g/mol. The number of carbonyl (C=O) groups is 2.